The van der Waals surface area contributed by atoms with E-state index in [4.69, 9.17) is 4.74 Å². The van der Waals surface area contributed by atoms with Crippen molar-refractivity contribution in [2.45, 2.75) is 58.2 Å². The van der Waals surface area contributed by atoms with E-state index in [-0.39, 0.29) is 18.1 Å². The summed E-state index contributed by atoms with van der Waals surface area (Å²) in [7, 11) is 0. The Morgan fingerprint density at radius 3 is 2.80 bits per heavy atom. The van der Waals surface area contributed by atoms with E-state index in [2.05, 4.69) is 17.6 Å². The molecule has 4 nitrogen and oxygen atoms in total. The predicted octanol–water partition coefficient (Wildman–Crippen LogP) is 2.94. The summed E-state index contributed by atoms with van der Waals surface area (Å²) in [5.74, 6) is 0.746. The number of hydrogen-bond donors (Lipinski definition) is 2. The van der Waals surface area contributed by atoms with E-state index in [0.717, 1.165) is 30.7 Å². The molecule has 0 radical (unpaired) electrons. The zero-order valence-corrected chi connectivity index (χ0v) is 12.5. The highest BCUT2D eigenvalue weighted by Gasteiger charge is 2.24. The summed E-state index contributed by atoms with van der Waals surface area (Å²) in [6, 6.07) is 7.87. The molecule has 1 aromatic rings. The molecule has 2 unspecified atom stereocenters. The molecule has 1 aliphatic rings. The maximum atomic E-state index is 12.3. The Kier molecular flexibility index (Phi) is 5.01. The second-order valence-corrected chi connectivity index (χ2v) is 5.70. The second kappa shape index (κ2) is 6.75. The lowest BCUT2D eigenvalue weighted by Crippen LogP contribution is -2.47. The standard InChI is InChI=1S/C16H24N2O2/c1-11(2)20-15-10-5-4-8-13(15)18-16(19)14-9-6-7-12(3)17-14/h4-5,8,10-12,14,17H,6-7,9H2,1-3H3,(H,18,19). The molecule has 1 amide bonds. The molecule has 2 atom stereocenters. The van der Waals surface area contributed by atoms with Gasteiger partial charge in [0.2, 0.25) is 5.91 Å². The molecule has 1 fully saturated rings. The highest BCUT2D eigenvalue weighted by Crippen LogP contribution is 2.25. The normalized spacial score (nSPS) is 22.6. The Balaban J connectivity index is 2.03. The van der Waals surface area contributed by atoms with Crippen LogP contribution < -0.4 is 15.4 Å². The maximum Gasteiger partial charge on any atom is 0.241 e. The number of nitrogens with one attached hydrogen (secondary N) is 2. The van der Waals surface area contributed by atoms with Gasteiger partial charge in [-0.1, -0.05) is 12.1 Å². The quantitative estimate of drug-likeness (QED) is 0.889. The van der Waals surface area contributed by atoms with Crippen molar-refractivity contribution < 1.29 is 9.53 Å². The molecule has 0 aromatic heterocycles. The van der Waals surface area contributed by atoms with E-state index in [0.29, 0.717) is 6.04 Å². The predicted molar refractivity (Wildman–Crippen MR) is 81.1 cm³/mol. The van der Waals surface area contributed by atoms with Gasteiger partial charge in [0.1, 0.15) is 5.75 Å². The summed E-state index contributed by atoms with van der Waals surface area (Å²) in [5, 5.41) is 6.32. The summed E-state index contributed by atoms with van der Waals surface area (Å²) in [4.78, 5) is 12.3. The van der Waals surface area contributed by atoms with E-state index in [1.165, 1.54) is 0 Å². The molecular formula is C16H24N2O2. The topological polar surface area (TPSA) is 50.4 Å². The first-order chi connectivity index (χ1) is 9.56. The maximum absolute atomic E-state index is 12.3. The van der Waals surface area contributed by atoms with Gasteiger partial charge in [0.15, 0.2) is 0 Å². The van der Waals surface area contributed by atoms with Crippen LogP contribution in [-0.2, 0) is 4.79 Å². The van der Waals surface area contributed by atoms with Gasteiger partial charge in [0.05, 0.1) is 17.8 Å². The van der Waals surface area contributed by atoms with Crippen LogP contribution in [-0.4, -0.2) is 24.1 Å². The lowest BCUT2D eigenvalue weighted by atomic mass is 9.99. The van der Waals surface area contributed by atoms with E-state index in [1.807, 2.05) is 38.1 Å². The Morgan fingerprint density at radius 2 is 2.10 bits per heavy atom. The van der Waals surface area contributed by atoms with Crippen LogP contribution in [0.15, 0.2) is 24.3 Å². The number of para-hydroxylation sites is 2. The van der Waals surface area contributed by atoms with Crippen molar-refractivity contribution in [2.24, 2.45) is 0 Å². The Labute approximate surface area is 120 Å². The summed E-state index contributed by atoms with van der Waals surface area (Å²) in [6.07, 6.45) is 3.21. The summed E-state index contributed by atoms with van der Waals surface area (Å²) >= 11 is 0. The SMILES string of the molecule is CC1CCCC(C(=O)Nc2ccccc2OC(C)C)N1. The fourth-order valence-electron chi connectivity index (χ4n) is 2.49. The van der Waals surface area contributed by atoms with Gasteiger partial charge in [-0.15, -0.1) is 0 Å². The molecule has 0 aliphatic carbocycles. The number of piperidine rings is 1. The molecule has 2 rings (SSSR count). The summed E-state index contributed by atoms with van der Waals surface area (Å²) < 4.78 is 5.72. The van der Waals surface area contributed by atoms with Gasteiger partial charge in [-0.3, -0.25) is 4.79 Å². The number of anilines is 1. The van der Waals surface area contributed by atoms with Crippen LogP contribution in [0.25, 0.3) is 0 Å². The van der Waals surface area contributed by atoms with Gasteiger partial charge in [-0.05, 0) is 52.2 Å². The first-order valence-corrected chi connectivity index (χ1v) is 7.39. The van der Waals surface area contributed by atoms with Gasteiger partial charge in [0.25, 0.3) is 0 Å². The fourth-order valence-corrected chi connectivity index (χ4v) is 2.49. The summed E-state index contributed by atoms with van der Waals surface area (Å²) in [5.41, 5.74) is 0.742. The van der Waals surface area contributed by atoms with Gasteiger partial charge < -0.3 is 15.4 Å². The molecule has 4 heteroatoms. The van der Waals surface area contributed by atoms with Crippen molar-refractivity contribution in [1.82, 2.24) is 5.32 Å². The number of carbonyl (C=O) groups is 1. The van der Waals surface area contributed by atoms with E-state index in [1.54, 1.807) is 0 Å². The van der Waals surface area contributed by atoms with E-state index >= 15 is 0 Å². The van der Waals surface area contributed by atoms with Crippen molar-refractivity contribution in [2.75, 3.05) is 5.32 Å². The molecule has 0 saturated carbocycles. The molecule has 1 aromatic carbocycles. The van der Waals surface area contributed by atoms with E-state index in [9.17, 15) is 4.79 Å². The molecule has 1 heterocycles. The van der Waals surface area contributed by atoms with Gasteiger partial charge >= 0.3 is 0 Å². The van der Waals surface area contributed by atoms with Crippen LogP contribution in [0.3, 0.4) is 0 Å². The Morgan fingerprint density at radius 1 is 1.35 bits per heavy atom. The van der Waals surface area contributed by atoms with Crippen molar-refractivity contribution in [3.63, 3.8) is 0 Å². The van der Waals surface area contributed by atoms with Crippen LogP contribution in [0, 0.1) is 0 Å². The third kappa shape index (κ3) is 3.97. The number of benzene rings is 1. The largest absolute Gasteiger partial charge is 0.489 e. The fraction of sp³-hybridized carbons (Fsp3) is 0.562. The molecular weight excluding hydrogens is 252 g/mol. The number of ether oxygens (including phenoxy) is 1. The van der Waals surface area contributed by atoms with Crippen molar-refractivity contribution >= 4 is 11.6 Å². The number of amides is 1. The minimum absolute atomic E-state index is 0.0244. The molecule has 0 bridgehead atoms. The van der Waals surface area contributed by atoms with Crippen LogP contribution in [0.5, 0.6) is 5.75 Å². The third-order valence-corrected chi connectivity index (χ3v) is 3.44. The Bertz CT molecular complexity index is 460. The number of carbonyl (C=O) groups excluding carboxylic acids is 1. The van der Waals surface area contributed by atoms with Gasteiger partial charge in [0, 0.05) is 6.04 Å². The molecule has 1 aliphatic heterocycles. The third-order valence-electron chi connectivity index (χ3n) is 3.44. The molecule has 20 heavy (non-hydrogen) atoms. The van der Waals surface area contributed by atoms with Crippen LogP contribution in [0.2, 0.25) is 0 Å². The van der Waals surface area contributed by atoms with E-state index < -0.39 is 0 Å². The van der Waals surface area contributed by atoms with Crippen molar-refractivity contribution in [3.05, 3.63) is 24.3 Å². The zero-order valence-electron chi connectivity index (χ0n) is 12.5. The smallest absolute Gasteiger partial charge is 0.241 e. The average Bonchev–Trinajstić information content (AvgIpc) is 2.40. The monoisotopic (exact) mass is 276 g/mol. The first kappa shape index (κ1) is 14.9. The minimum Gasteiger partial charge on any atom is -0.489 e. The highest BCUT2D eigenvalue weighted by atomic mass is 16.5. The van der Waals surface area contributed by atoms with Crippen molar-refractivity contribution in [1.29, 1.82) is 0 Å². The van der Waals surface area contributed by atoms with Crippen LogP contribution >= 0.6 is 0 Å². The van der Waals surface area contributed by atoms with Crippen molar-refractivity contribution in [3.8, 4) is 5.75 Å². The van der Waals surface area contributed by atoms with Crippen LogP contribution in [0.1, 0.15) is 40.0 Å². The first-order valence-electron chi connectivity index (χ1n) is 7.39. The summed E-state index contributed by atoms with van der Waals surface area (Å²) in [6.45, 7) is 6.07. The molecule has 1 saturated heterocycles. The molecule has 0 spiro atoms. The Hall–Kier alpha value is -1.55. The van der Waals surface area contributed by atoms with Gasteiger partial charge in [-0.2, -0.15) is 0 Å². The minimum atomic E-state index is -0.106. The molecule has 110 valence electrons. The molecule has 2 N–H and O–H groups in total. The number of rotatable bonds is 4. The zero-order chi connectivity index (χ0) is 14.5. The van der Waals surface area contributed by atoms with Gasteiger partial charge in [-0.25, -0.2) is 0 Å². The highest BCUT2D eigenvalue weighted by molar-refractivity contribution is 5.96. The number of hydrogen-bond acceptors (Lipinski definition) is 3. The second-order valence-electron chi connectivity index (χ2n) is 5.70. The lowest BCUT2D eigenvalue weighted by Gasteiger charge is -2.28. The van der Waals surface area contributed by atoms with Crippen LogP contribution in [0.4, 0.5) is 5.69 Å². The average molecular weight is 276 g/mol. The lowest BCUT2D eigenvalue weighted by molar-refractivity contribution is -0.118.